The van der Waals surface area contributed by atoms with Crippen LogP contribution in [-0.4, -0.2) is 145 Å². The van der Waals surface area contributed by atoms with Gasteiger partial charge in [-0.15, -0.1) is 0 Å². The summed E-state index contributed by atoms with van der Waals surface area (Å²) < 4.78 is 23.0. The third-order valence-corrected chi connectivity index (χ3v) is 15.9. The monoisotopic (exact) mass is 1010 g/mol. The molecule has 0 spiro atoms. The quantitative estimate of drug-likeness (QED) is 0.0353. The van der Waals surface area contributed by atoms with Crippen LogP contribution in [0.4, 0.5) is 5.69 Å². The standard InChI is InChI=1S/C55H83N5O12/c1-10-36(4)50(47(69-7)33-48(63)59-27-18-21-44(59)52(70-8)37(5)46(62)31-41(55(66)71-9)29-38-19-14-13-15-20-38)57(6)54(65)49(35(2)3)56-53(64)51-39-22-24-42(30-39)58(51)26-16-11-12-17-28-72-43-25-23-40(34-61)45(32-43)60(67)68/h13-15,19-20,23,25,32,35-37,39,41-42,44,47,49-52,61H,10-12,16-18,21-22,24,26-31,33-34H2,1-9H3,(H,56,64)/t36-,37-,39-,41+,42-,44-,47+,49-,50-,51-,52+/m0/s1. The zero-order valence-electron chi connectivity index (χ0n) is 44.3. The number of nitro benzene ring substituents is 1. The lowest BCUT2D eigenvalue weighted by Crippen LogP contribution is -2.60. The van der Waals surface area contributed by atoms with E-state index in [1.807, 2.05) is 58.0 Å². The molecule has 3 fully saturated rings. The Labute approximate surface area is 427 Å². The molecule has 2 N–H and O–H groups in total. The van der Waals surface area contributed by atoms with Crippen LogP contribution in [0.5, 0.6) is 5.75 Å². The second-order valence-electron chi connectivity index (χ2n) is 20.8. The Kier molecular flexibility index (Phi) is 22.5. The number of carbonyl (C=O) groups excluding carboxylic acids is 5. The summed E-state index contributed by atoms with van der Waals surface area (Å²) in [7, 11) is 6.19. The number of nitrogens with one attached hydrogen (secondary N) is 1. The fourth-order valence-electron chi connectivity index (χ4n) is 11.7. The minimum absolute atomic E-state index is 0.00425. The van der Waals surface area contributed by atoms with Crippen molar-refractivity contribution >= 4 is 35.2 Å². The Morgan fingerprint density at radius 1 is 0.931 bits per heavy atom. The first-order chi connectivity index (χ1) is 34.5. The summed E-state index contributed by atoms with van der Waals surface area (Å²) >= 11 is 0. The molecule has 0 unspecified atom stereocenters. The molecule has 2 aliphatic heterocycles. The van der Waals surface area contributed by atoms with Crippen LogP contribution in [0.25, 0.3) is 0 Å². The number of unbranched alkanes of at least 4 members (excludes halogenated alkanes) is 3. The molecule has 72 heavy (non-hydrogen) atoms. The number of nitrogens with zero attached hydrogens (tertiary/aromatic N) is 4. The van der Waals surface area contributed by atoms with Gasteiger partial charge in [0.05, 0.1) is 79.5 Å². The molecule has 2 saturated heterocycles. The number of nitro groups is 1. The number of benzene rings is 2. The Balaban J connectivity index is 1.19. The second-order valence-corrected chi connectivity index (χ2v) is 20.8. The lowest BCUT2D eigenvalue weighted by atomic mass is 9.85. The summed E-state index contributed by atoms with van der Waals surface area (Å²) in [6.07, 6.45) is 7.57. The lowest BCUT2D eigenvalue weighted by molar-refractivity contribution is -0.385. The number of likely N-dealkylation sites (N-methyl/N-ethyl adjacent to an activating group) is 1. The second kappa shape index (κ2) is 27.9. The van der Waals surface area contributed by atoms with Crippen molar-refractivity contribution in [1.82, 2.24) is 20.0 Å². The van der Waals surface area contributed by atoms with E-state index in [2.05, 4.69) is 10.2 Å². The topological polar surface area (TPSA) is 207 Å². The molecular formula is C55H83N5O12. The number of amides is 3. The maximum absolute atomic E-state index is 14.7. The Bertz CT molecular complexity index is 2110. The fourth-order valence-corrected chi connectivity index (χ4v) is 11.7. The molecule has 0 aromatic heterocycles. The maximum Gasteiger partial charge on any atom is 0.309 e. The number of aliphatic hydroxyl groups is 1. The van der Waals surface area contributed by atoms with Crippen molar-refractivity contribution in [3.63, 3.8) is 0 Å². The van der Waals surface area contributed by atoms with Gasteiger partial charge in [0.1, 0.15) is 17.6 Å². The van der Waals surface area contributed by atoms with Crippen molar-refractivity contribution in [2.45, 2.75) is 167 Å². The van der Waals surface area contributed by atoms with Gasteiger partial charge < -0.3 is 39.2 Å². The first-order valence-electron chi connectivity index (χ1n) is 26.3. The number of piperidine rings is 1. The molecule has 3 aliphatic rings. The first-order valence-corrected chi connectivity index (χ1v) is 26.3. The molecule has 1 saturated carbocycles. The summed E-state index contributed by atoms with van der Waals surface area (Å²) in [5, 5.41) is 24.0. The van der Waals surface area contributed by atoms with E-state index >= 15 is 0 Å². The number of methoxy groups -OCH3 is 3. The summed E-state index contributed by atoms with van der Waals surface area (Å²) in [5.74, 6) is -2.08. The fraction of sp³-hybridized carbons (Fsp3) is 0.691. The molecule has 3 amide bonds. The van der Waals surface area contributed by atoms with E-state index in [1.165, 1.54) is 19.2 Å². The first kappa shape index (κ1) is 57.9. The predicted octanol–water partition coefficient (Wildman–Crippen LogP) is 6.93. The SMILES string of the molecule is CC[C@H](C)[C@@H]([C@@H](CC(=O)N1CCC[C@H]1[C@H](OC)[C@@H](C)C(=O)C[C@@H](Cc1ccccc1)C(=O)OC)OC)N(C)C(=O)[C@@H](NC(=O)[C@@H]1[C@H]2CC[C@@H](C2)N1CCCCCCOc1ccc(CO)c([N+](=O)[O-])c1)C(C)C. The van der Waals surface area contributed by atoms with Gasteiger partial charge in [-0.25, -0.2) is 0 Å². The number of ketones is 1. The smallest absolute Gasteiger partial charge is 0.309 e. The molecule has 2 aromatic rings. The van der Waals surface area contributed by atoms with Gasteiger partial charge in [0, 0.05) is 46.2 Å². The van der Waals surface area contributed by atoms with Gasteiger partial charge in [-0.3, -0.25) is 39.0 Å². The molecule has 2 bridgehead atoms. The van der Waals surface area contributed by atoms with Gasteiger partial charge in [0.2, 0.25) is 17.7 Å². The average Bonchev–Trinajstić information content (AvgIpc) is 4.15. The molecule has 17 nitrogen and oxygen atoms in total. The van der Waals surface area contributed by atoms with E-state index in [0.29, 0.717) is 44.2 Å². The van der Waals surface area contributed by atoms with E-state index < -0.39 is 53.6 Å². The number of aliphatic hydroxyl groups excluding tert-OH is 1. The van der Waals surface area contributed by atoms with Crippen molar-refractivity contribution in [2.75, 3.05) is 48.1 Å². The number of likely N-dealkylation sites (tertiary alicyclic amines) is 2. The number of carbonyl (C=O) groups is 5. The molecule has 11 atom stereocenters. The molecule has 1 aliphatic carbocycles. The van der Waals surface area contributed by atoms with Gasteiger partial charge in [0.25, 0.3) is 5.69 Å². The van der Waals surface area contributed by atoms with Crippen molar-refractivity contribution < 1.29 is 52.9 Å². The van der Waals surface area contributed by atoms with Gasteiger partial charge >= 0.3 is 5.97 Å². The van der Waals surface area contributed by atoms with Crippen LogP contribution >= 0.6 is 0 Å². The van der Waals surface area contributed by atoms with Gasteiger partial charge in [-0.1, -0.05) is 84.2 Å². The Morgan fingerprint density at radius 3 is 2.29 bits per heavy atom. The third kappa shape index (κ3) is 14.6. The maximum atomic E-state index is 14.7. The zero-order valence-corrected chi connectivity index (χ0v) is 44.3. The van der Waals surface area contributed by atoms with E-state index in [9.17, 15) is 39.2 Å². The molecule has 17 heteroatoms. The minimum Gasteiger partial charge on any atom is -0.493 e. The van der Waals surface area contributed by atoms with E-state index in [1.54, 1.807) is 44.1 Å². The number of hydrogen-bond acceptors (Lipinski definition) is 13. The van der Waals surface area contributed by atoms with Crippen LogP contribution in [0, 0.1) is 39.7 Å². The highest BCUT2D eigenvalue weighted by molar-refractivity contribution is 5.91. The molecular weight excluding hydrogens is 923 g/mol. The van der Waals surface area contributed by atoms with Gasteiger partial charge in [-0.05, 0) is 93.4 Å². The summed E-state index contributed by atoms with van der Waals surface area (Å²) in [6.45, 7) is 11.0. The highest BCUT2D eigenvalue weighted by Gasteiger charge is 2.50. The molecule has 2 aromatic carbocycles. The number of hydrogen-bond donors (Lipinski definition) is 2. The lowest BCUT2D eigenvalue weighted by Gasteiger charge is -2.41. The predicted molar refractivity (Wildman–Crippen MR) is 273 cm³/mol. The molecule has 400 valence electrons. The molecule has 0 radical (unpaired) electrons. The van der Waals surface area contributed by atoms with E-state index in [0.717, 1.165) is 63.5 Å². The van der Waals surface area contributed by atoms with E-state index in [4.69, 9.17) is 18.9 Å². The van der Waals surface area contributed by atoms with Gasteiger partial charge in [0.15, 0.2) is 0 Å². The summed E-state index contributed by atoms with van der Waals surface area (Å²) in [4.78, 5) is 87.0. The average molecular weight is 1010 g/mol. The zero-order chi connectivity index (χ0) is 52.6. The van der Waals surface area contributed by atoms with Crippen LogP contribution in [0.2, 0.25) is 0 Å². The summed E-state index contributed by atoms with van der Waals surface area (Å²) in [5.41, 5.74) is 0.999. The molecule has 2 heterocycles. The number of esters is 1. The number of rotatable bonds is 30. The van der Waals surface area contributed by atoms with Crippen molar-refractivity contribution in [3.8, 4) is 5.75 Å². The highest BCUT2D eigenvalue weighted by Crippen LogP contribution is 2.43. The highest BCUT2D eigenvalue weighted by atomic mass is 16.6. The minimum atomic E-state index is -0.805. The van der Waals surface area contributed by atoms with Crippen LogP contribution in [-0.2, 0) is 51.2 Å². The Morgan fingerprint density at radius 2 is 1.65 bits per heavy atom. The van der Waals surface area contributed by atoms with Crippen LogP contribution < -0.4 is 10.1 Å². The number of fused-ring (bicyclic) bond motifs is 2. The number of ether oxygens (including phenoxy) is 4. The largest absolute Gasteiger partial charge is 0.493 e. The van der Waals surface area contributed by atoms with Crippen LogP contribution in [0.3, 0.4) is 0 Å². The number of Topliss-reactive ketones (excluding diaryl/α,β-unsaturated/α-hetero) is 1. The Hall–Kier alpha value is -4.97. The van der Waals surface area contributed by atoms with Crippen LogP contribution in [0.15, 0.2) is 48.5 Å². The molecule has 5 rings (SSSR count). The van der Waals surface area contributed by atoms with Gasteiger partial charge in [-0.2, -0.15) is 0 Å². The van der Waals surface area contributed by atoms with Crippen LogP contribution in [0.1, 0.15) is 123 Å². The third-order valence-electron chi connectivity index (χ3n) is 15.9. The van der Waals surface area contributed by atoms with Crippen molar-refractivity contribution in [2.24, 2.45) is 29.6 Å². The normalized spacial score (nSPS) is 21.6. The van der Waals surface area contributed by atoms with Crippen molar-refractivity contribution in [1.29, 1.82) is 0 Å². The van der Waals surface area contributed by atoms with Crippen molar-refractivity contribution in [3.05, 3.63) is 69.8 Å². The summed E-state index contributed by atoms with van der Waals surface area (Å²) in [6, 6.07) is 12.3. The van der Waals surface area contributed by atoms with E-state index in [-0.39, 0.29) is 77.4 Å².